The summed E-state index contributed by atoms with van der Waals surface area (Å²) in [6, 6.07) is 9.41. The summed E-state index contributed by atoms with van der Waals surface area (Å²) >= 11 is 2.19. The predicted molar refractivity (Wildman–Crippen MR) is 80.8 cm³/mol. The van der Waals surface area contributed by atoms with E-state index in [4.69, 9.17) is 0 Å². The maximum absolute atomic E-state index is 12.1. The van der Waals surface area contributed by atoms with Crippen molar-refractivity contribution in [2.24, 2.45) is 0 Å². The smallest absolute Gasteiger partial charge is 0.257 e. The van der Waals surface area contributed by atoms with Crippen molar-refractivity contribution in [3.63, 3.8) is 0 Å². The van der Waals surface area contributed by atoms with Gasteiger partial charge in [-0.1, -0.05) is 18.2 Å². The number of nitrogens with one attached hydrogen (secondary N) is 1. The van der Waals surface area contributed by atoms with Crippen LogP contribution in [-0.2, 0) is 0 Å². The number of pyridine rings is 1. The molecule has 1 aromatic heterocycles. The van der Waals surface area contributed by atoms with Gasteiger partial charge in [0.1, 0.15) is 5.82 Å². The molecule has 1 aromatic carbocycles. The molecule has 1 heterocycles. The highest BCUT2D eigenvalue weighted by Crippen LogP contribution is 2.17. The molecule has 0 saturated heterocycles. The van der Waals surface area contributed by atoms with Crippen LogP contribution in [-0.4, -0.2) is 10.9 Å². The number of hydrogen-bond donors (Lipinski definition) is 1. The molecule has 0 atom stereocenters. The lowest BCUT2D eigenvalue weighted by molar-refractivity contribution is 0.102. The van der Waals surface area contributed by atoms with Gasteiger partial charge in [-0.25, -0.2) is 4.98 Å². The van der Waals surface area contributed by atoms with Crippen LogP contribution in [0.15, 0.2) is 36.5 Å². The molecule has 0 aliphatic heterocycles. The Hall–Kier alpha value is -1.43. The molecule has 0 radical (unpaired) electrons. The first-order valence-electron chi connectivity index (χ1n) is 5.57. The average Bonchev–Trinajstić information content (AvgIpc) is 2.35. The molecular weight excluding hydrogens is 339 g/mol. The highest BCUT2D eigenvalue weighted by atomic mass is 127. The van der Waals surface area contributed by atoms with Gasteiger partial charge in [-0.15, -0.1) is 0 Å². The van der Waals surface area contributed by atoms with Crippen molar-refractivity contribution in [2.45, 2.75) is 13.8 Å². The van der Waals surface area contributed by atoms with E-state index < -0.39 is 0 Å². The number of benzene rings is 1. The lowest BCUT2D eigenvalue weighted by Gasteiger charge is -2.08. The summed E-state index contributed by atoms with van der Waals surface area (Å²) in [6.45, 7) is 3.95. The van der Waals surface area contributed by atoms with E-state index in [0.29, 0.717) is 11.4 Å². The van der Waals surface area contributed by atoms with Gasteiger partial charge in [-0.2, -0.15) is 0 Å². The Bertz CT molecular complexity index is 579. The molecule has 4 heteroatoms. The number of aromatic nitrogens is 1. The van der Waals surface area contributed by atoms with Gasteiger partial charge in [0.25, 0.3) is 5.91 Å². The van der Waals surface area contributed by atoms with E-state index in [9.17, 15) is 4.79 Å². The summed E-state index contributed by atoms with van der Waals surface area (Å²) < 4.78 is 0.972. The summed E-state index contributed by atoms with van der Waals surface area (Å²) in [7, 11) is 0. The van der Waals surface area contributed by atoms with Crippen LogP contribution in [0.25, 0.3) is 0 Å². The Balaban J connectivity index is 2.22. The molecule has 1 amide bonds. The van der Waals surface area contributed by atoms with Crippen molar-refractivity contribution in [3.05, 3.63) is 56.8 Å². The van der Waals surface area contributed by atoms with Crippen molar-refractivity contribution >= 4 is 34.3 Å². The van der Waals surface area contributed by atoms with Gasteiger partial charge in [0.2, 0.25) is 0 Å². The van der Waals surface area contributed by atoms with Gasteiger partial charge in [0, 0.05) is 9.77 Å². The zero-order chi connectivity index (χ0) is 13.1. The van der Waals surface area contributed by atoms with E-state index in [1.807, 2.05) is 38.1 Å². The first-order chi connectivity index (χ1) is 8.58. The van der Waals surface area contributed by atoms with Crippen molar-refractivity contribution in [2.75, 3.05) is 5.32 Å². The Kier molecular flexibility index (Phi) is 3.96. The largest absolute Gasteiger partial charge is 0.307 e. The van der Waals surface area contributed by atoms with Crippen molar-refractivity contribution in [1.29, 1.82) is 0 Å². The van der Waals surface area contributed by atoms with E-state index >= 15 is 0 Å². The topological polar surface area (TPSA) is 42.0 Å². The van der Waals surface area contributed by atoms with E-state index in [-0.39, 0.29) is 5.91 Å². The number of hydrogen-bond acceptors (Lipinski definition) is 2. The normalized spacial score (nSPS) is 10.2. The number of nitrogens with zero attached hydrogens (tertiary/aromatic N) is 1. The Labute approximate surface area is 120 Å². The number of aryl methyl sites for hydroxylation is 2. The second-order valence-corrected chi connectivity index (χ2v) is 5.19. The summed E-state index contributed by atoms with van der Waals surface area (Å²) in [5.74, 6) is 0.447. The maximum atomic E-state index is 12.1. The van der Waals surface area contributed by atoms with Crippen LogP contribution < -0.4 is 5.32 Å². The quantitative estimate of drug-likeness (QED) is 0.840. The number of anilines is 1. The zero-order valence-corrected chi connectivity index (χ0v) is 12.4. The monoisotopic (exact) mass is 352 g/mol. The van der Waals surface area contributed by atoms with E-state index in [1.54, 1.807) is 12.3 Å². The molecular formula is C14H13IN2O. The van der Waals surface area contributed by atoms with Crippen LogP contribution in [0.1, 0.15) is 21.5 Å². The summed E-state index contributed by atoms with van der Waals surface area (Å²) in [4.78, 5) is 16.3. The molecule has 0 aliphatic rings. The highest BCUT2D eigenvalue weighted by Gasteiger charge is 2.11. The number of carbonyl (C=O) groups excluding carboxylic acids is 1. The first kappa shape index (κ1) is 13.0. The molecule has 0 bridgehead atoms. The SMILES string of the molecule is Cc1ccc(NC(=O)c2cccc(C)c2I)nc1. The Morgan fingerprint density at radius 2 is 2.00 bits per heavy atom. The molecule has 2 aromatic rings. The van der Waals surface area contributed by atoms with E-state index in [2.05, 4.69) is 32.9 Å². The molecule has 0 fully saturated rings. The van der Waals surface area contributed by atoms with Crippen molar-refractivity contribution < 1.29 is 4.79 Å². The fourth-order valence-electron chi connectivity index (χ4n) is 1.55. The van der Waals surface area contributed by atoms with Gasteiger partial charge in [-0.3, -0.25) is 4.79 Å². The second kappa shape index (κ2) is 5.48. The van der Waals surface area contributed by atoms with Crippen molar-refractivity contribution in [1.82, 2.24) is 4.98 Å². The molecule has 0 aliphatic carbocycles. The number of halogens is 1. The lowest BCUT2D eigenvalue weighted by Crippen LogP contribution is -2.14. The van der Waals surface area contributed by atoms with Gasteiger partial charge >= 0.3 is 0 Å². The first-order valence-corrected chi connectivity index (χ1v) is 6.65. The molecule has 92 valence electrons. The molecule has 1 N–H and O–H groups in total. The van der Waals surface area contributed by atoms with Crippen LogP contribution in [0, 0.1) is 17.4 Å². The summed E-state index contributed by atoms with van der Waals surface area (Å²) in [6.07, 6.45) is 1.73. The molecule has 0 unspecified atom stereocenters. The Morgan fingerprint density at radius 3 is 2.67 bits per heavy atom. The second-order valence-electron chi connectivity index (χ2n) is 4.11. The van der Waals surface area contributed by atoms with Gasteiger partial charge < -0.3 is 5.32 Å². The molecule has 2 rings (SSSR count). The van der Waals surface area contributed by atoms with Gasteiger partial charge in [0.15, 0.2) is 0 Å². The zero-order valence-electron chi connectivity index (χ0n) is 10.2. The van der Waals surface area contributed by atoms with Crippen LogP contribution in [0.4, 0.5) is 5.82 Å². The minimum atomic E-state index is -0.126. The fraction of sp³-hybridized carbons (Fsp3) is 0.143. The van der Waals surface area contributed by atoms with E-state index in [1.165, 1.54) is 0 Å². The number of rotatable bonds is 2. The van der Waals surface area contributed by atoms with Crippen LogP contribution in [0.5, 0.6) is 0 Å². The fourth-order valence-corrected chi connectivity index (χ4v) is 2.15. The van der Waals surface area contributed by atoms with Gasteiger partial charge in [0.05, 0.1) is 5.56 Å². The molecule has 0 spiro atoms. The van der Waals surface area contributed by atoms with Crippen LogP contribution in [0.3, 0.4) is 0 Å². The minimum absolute atomic E-state index is 0.126. The van der Waals surface area contributed by atoms with Crippen LogP contribution >= 0.6 is 22.6 Å². The lowest BCUT2D eigenvalue weighted by atomic mass is 10.1. The average molecular weight is 352 g/mol. The highest BCUT2D eigenvalue weighted by molar-refractivity contribution is 14.1. The molecule has 3 nitrogen and oxygen atoms in total. The number of amides is 1. The summed E-state index contributed by atoms with van der Waals surface area (Å²) in [5, 5.41) is 2.80. The third-order valence-electron chi connectivity index (χ3n) is 2.59. The molecule has 18 heavy (non-hydrogen) atoms. The summed E-state index contributed by atoms with van der Waals surface area (Å²) in [5.41, 5.74) is 2.84. The third-order valence-corrected chi connectivity index (χ3v) is 4.02. The predicted octanol–water partition coefficient (Wildman–Crippen LogP) is 3.56. The third kappa shape index (κ3) is 2.87. The van der Waals surface area contributed by atoms with Crippen LogP contribution in [0.2, 0.25) is 0 Å². The molecule has 0 saturated carbocycles. The minimum Gasteiger partial charge on any atom is -0.307 e. The Morgan fingerprint density at radius 1 is 1.22 bits per heavy atom. The maximum Gasteiger partial charge on any atom is 0.257 e. The number of carbonyl (C=O) groups is 1. The van der Waals surface area contributed by atoms with E-state index in [0.717, 1.165) is 14.7 Å². The standard InChI is InChI=1S/C14H13IN2O/c1-9-6-7-12(16-8-9)17-14(18)11-5-3-4-10(2)13(11)15/h3-8H,1-2H3,(H,16,17,18). The van der Waals surface area contributed by atoms with Crippen molar-refractivity contribution in [3.8, 4) is 0 Å². The van der Waals surface area contributed by atoms with Gasteiger partial charge in [-0.05, 0) is 59.7 Å².